The van der Waals surface area contributed by atoms with Crippen molar-refractivity contribution in [3.8, 4) is 0 Å². The van der Waals surface area contributed by atoms with Crippen LogP contribution in [0.1, 0.15) is 33.1 Å². The van der Waals surface area contributed by atoms with Crippen LogP contribution in [0.25, 0.3) is 0 Å². The van der Waals surface area contributed by atoms with Crippen LogP contribution in [0.3, 0.4) is 0 Å². The molecule has 0 spiro atoms. The average Bonchev–Trinajstić information content (AvgIpc) is 3.06. The summed E-state index contributed by atoms with van der Waals surface area (Å²) < 4.78 is 0. The lowest BCUT2D eigenvalue weighted by molar-refractivity contribution is -0.130. The highest BCUT2D eigenvalue weighted by Crippen LogP contribution is 2.46. The Morgan fingerprint density at radius 2 is 2.06 bits per heavy atom. The number of amides is 2. The molecule has 1 rings (SSSR count). The summed E-state index contributed by atoms with van der Waals surface area (Å²) >= 11 is 4.88. The number of rotatable bonds is 6. The third-order valence-electron chi connectivity index (χ3n) is 2.95. The maximum absolute atomic E-state index is 11.9. The van der Waals surface area contributed by atoms with Gasteiger partial charge in [-0.2, -0.15) is 0 Å². The molecular formula is C11H19N3O2S. The Balaban J connectivity index is 2.46. The molecule has 5 nitrogen and oxygen atoms in total. The molecule has 1 fully saturated rings. The lowest BCUT2D eigenvalue weighted by Gasteiger charge is -2.18. The summed E-state index contributed by atoms with van der Waals surface area (Å²) in [4.78, 5) is 23.7. The first-order chi connectivity index (χ1) is 7.94. The van der Waals surface area contributed by atoms with E-state index in [4.69, 9.17) is 18.0 Å². The van der Waals surface area contributed by atoms with Gasteiger partial charge in [0.05, 0.1) is 10.4 Å². The fourth-order valence-electron chi connectivity index (χ4n) is 1.51. The average molecular weight is 257 g/mol. The Kier molecular flexibility index (Phi) is 4.45. The van der Waals surface area contributed by atoms with E-state index in [1.807, 2.05) is 6.92 Å². The summed E-state index contributed by atoms with van der Waals surface area (Å²) in [6, 6.07) is -0.555. The Labute approximate surface area is 107 Å². The number of hydrogen-bond acceptors (Lipinski definition) is 3. The van der Waals surface area contributed by atoms with E-state index in [1.165, 1.54) is 0 Å². The number of carbonyl (C=O) groups excluding carboxylic acids is 2. The van der Waals surface area contributed by atoms with Crippen LogP contribution >= 0.6 is 12.2 Å². The van der Waals surface area contributed by atoms with Crippen LogP contribution < -0.4 is 16.4 Å². The smallest absolute Gasteiger partial charge is 0.242 e. The first kappa shape index (κ1) is 13.9. The lowest BCUT2D eigenvalue weighted by atomic mass is 10.1. The summed E-state index contributed by atoms with van der Waals surface area (Å²) in [5.74, 6) is -0.414. The largest absolute Gasteiger partial charge is 0.392 e. The molecule has 6 heteroatoms. The molecule has 1 aliphatic carbocycles. The van der Waals surface area contributed by atoms with Crippen molar-refractivity contribution >= 4 is 29.0 Å². The summed E-state index contributed by atoms with van der Waals surface area (Å²) in [5, 5.41) is 5.37. The van der Waals surface area contributed by atoms with Gasteiger partial charge in [0.25, 0.3) is 0 Å². The first-order valence-electron chi connectivity index (χ1n) is 5.82. The minimum absolute atomic E-state index is 0.182. The van der Waals surface area contributed by atoms with Gasteiger partial charge >= 0.3 is 0 Å². The molecule has 1 atom stereocenters. The predicted molar refractivity (Wildman–Crippen MR) is 69.4 cm³/mol. The van der Waals surface area contributed by atoms with Crippen molar-refractivity contribution in [1.82, 2.24) is 10.6 Å². The van der Waals surface area contributed by atoms with E-state index in [0.717, 1.165) is 6.42 Å². The van der Waals surface area contributed by atoms with E-state index < -0.39 is 11.5 Å². The molecule has 4 N–H and O–H groups in total. The molecule has 0 aromatic heterocycles. The standard InChI is InChI=1S/C11H19N3O2S/c1-3-6-13-8(15)7(2)14-10(16)11(4-5-11)9(12)17/h7H,3-6H2,1-2H3,(H2,12,17)(H,13,15)(H,14,16). The molecule has 0 aromatic rings. The highest BCUT2D eigenvalue weighted by Gasteiger charge is 2.53. The maximum Gasteiger partial charge on any atom is 0.242 e. The van der Waals surface area contributed by atoms with E-state index in [-0.39, 0.29) is 16.8 Å². The van der Waals surface area contributed by atoms with Crippen LogP contribution in [0.15, 0.2) is 0 Å². The Hall–Kier alpha value is -1.17. The Morgan fingerprint density at radius 3 is 2.47 bits per heavy atom. The van der Waals surface area contributed by atoms with Crippen molar-refractivity contribution < 1.29 is 9.59 Å². The Morgan fingerprint density at radius 1 is 1.47 bits per heavy atom. The molecule has 0 bridgehead atoms. The maximum atomic E-state index is 11.9. The topological polar surface area (TPSA) is 84.2 Å². The summed E-state index contributed by atoms with van der Waals surface area (Å²) in [6.07, 6.45) is 2.22. The highest BCUT2D eigenvalue weighted by molar-refractivity contribution is 7.80. The number of hydrogen-bond donors (Lipinski definition) is 3. The zero-order valence-corrected chi connectivity index (χ0v) is 11.0. The summed E-state index contributed by atoms with van der Waals surface area (Å²) in [6.45, 7) is 4.23. The third-order valence-corrected chi connectivity index (χ3v) is 3.34. The summed E-state index contributed by atoms with van der Waals surface area (Å²) in [5.41, 5.74) is 4.84. The molecule has 96 valence electrons. The second-order valence-electron chi connectivity index (χ2n) is 4.43. The molecule has 17 heavy (non-hydrogen) atoms. The second-order valence-corrected chi connectivity index (χ2v) is 4.87. The van der Waals surface area contributed by atoms with Gasteiger partial charge in [0.15, 0.2) is 0 Å². The number of nitrogens with one attached hydrogen (secondary N) is 2. The van der Waals surface area contributed by atoms with Crippen LogP contribution in [0.5, 0.6) is 0 Å². The van der Waals surface area contributed by atoms with E-state index in [0.29, 0.717) is 19.4 Å². The monoisotopic (exact) mass is 257 g/mol. The van der Waals surface area contributed by atoms with Crippen LogP contribution in [-0.2, 0) is 9.59 Å². The van der Waals surface area contributed by atoms with Gasteiger partial charge in [-0.25, -0.2) is 0 Å². The molecule has 2 amide bonds. The molecule has 0 aromatic carbocycles. The van der Waals surface area contributed by atoms with Gasteiger partial charge in [0, 0.05) is 6.54 Å². The van der Waals surface area contributed by atoms with Crippen molar-refractivity contribution in [2.24, 2.45) is 11.1 Å². The molecule has 0 radical (unpaired) electrons. The van der Waals surface area contributed by atoms with Gasteiger partial charge in [0.1, 0.15) is 6.04 Å². The molecular weight excluding hydrogens is 238 g/mol. The van der Waals surface area contributed by atoms with Gasteiger partial charge in [0.2, 0.25) is 11.8 Å². The van der Waals surface area contributed by atoms with Gasteiger partial charge in [-0.1, -0.05) is 19.1 Å². The van der Waals surface area contributed by atoms with Crippen LogP contribution in [0, 0.1) is 5.41 Å². The van der Waals surface area contributed by atoms with Crippen molar-refractivity contribution in [3.63, 3.8) is 0 Å². The van der Waals surface area contributed by atoms with Gasteiger partial charge < -0.3 is 16.4 Å². The first-order valence-corrected chi connectivity index (χ1v) is 6.23. The second kappa shape index (κ2) is 5.44. The van der Waals surface area contributed by atoms with Crippen LogP contribution in [0.4, 0.5) is 0 Å². The zero-order valence-electron chi connectivity index (χ0n) is 10.2. The van der Waals surface area contributed by atoms with E-state index in [2.05, 4.69) is 10.6 Å². The van der Waals surface area contributed by atoms with Crippen molar-refractivity contribution in [1.29, 1.82) is 0 Å². The minimum Gasteiger partial charge on any atom is -0.392 e. The normalized spacial score (nSPS) is 18.0. The van der Waals surface area contributed by atoms with E-state index >= 15 is 0 Å². The number of carbonyl (C=O) groups is 2. The van der Waals surface area contributed by atoms with Gasteiger partial charge in [-0.3, -0.25) is 9.59 Å². The van der Waals surface area contributed by atoms with Crippen LogP contribution in [-0.4, -0.2) is 29.4 Å². The quantitative estimate of drug-likeness (QED) is 0.589. The van der Waals surface area contributed by atoms with Crippen LogP contribution in [0.2, 0.25) is 0 Å². The fraction of sp³-hybridized carbons (Fsp3) is 0.727. The highest BCUT2D eigenvalue weighted by atomic mass is 32.1. The van der Waals surface area contributed by atoms with E-state index in [1.54, 1.807) is 6.92 Å². The van der Waals surface area contributed by atoms with Crippen molar-refractivity contribution in [3.05, 3.63) is 0 Å². The SMILES string of the molecule is CCCNC(=O)C(C)NC(=O)C1(C(N)=S)CC1. The molecule has 0 heterocycles. The molecule has 1 saturated carbocycles. The fourth-order valence-corrected chi connectivity index (χ4v) is 1.81. The molecule has 0 aliphatic heterocycles. The van der Waals surface area contributed by atoms with Crippen molar-refractivity contribution in [2.75, 3.05) is 6.54 Å². The Bertz CT molecular complexity index is 340. The minimum atomic E-state index is -0.700. The predicted octanol–water partition coefficient (Wildman–Crippen LogP) is 0.0836. The third kappa shape index (κ3) is 3.15. The van der Waals surface area contributed by atoms with Gasteiger partial charge in [-0.15, -0.1) is 0 Å². The molecule has 1 aliphatic rings. The summed E-state index contributed by atoms with van der Waals surface area (Å²) in [7, 11) is 0. The lowest BCUT2D eigenvalue weighted by Crippen LogP contribution is -2.49. The van der Waals surface area contributed by atoms with Gasteiger partial charge in [-0.05, 0) is 26.2 Å². The molecule has 1 unspecified atom stereocenters. The van der Waals surface area contributed by atoms with Crippen molar-refractivity contribution in [2.45, 2.75) is 39.2 Å². The zero-order chi connectivity index (χ0) is 13.1. The number of nitrogens with two attached hydrogens (primary N) is 1. The molecule has 0 saturated heterocycles. The van der Waals surface area contributed by atoms with E-state index in [9.17, 15) is 9.59 Å². The number of thiocarbonyl (C=S) groups is 1.